The van der Waals surface area contributed by atoms with E-state index in [1.807, 2.05) is 0 Å². The molecule has 0 saturated carbocycles. The van der Waals surface area contributed by atoms with E-state index in [0.717, 1.165) is 19.0 Å². The van der Waals surface area contributed by atoms with Crippen LogP contribution in [0.3, 0.4) is 0 Å². The molecule has 0 bridgehead atoms. The van der Waals surface area contributed by atoms with E-state index < -0.39 is 0 Å². The molecule has 0 radical (unpaired) electrons. The van der Waals surface area contributed by atoms with Crippen LogP contribution in [0.4, 0.5) is 0 Å². The third-order valence-electron chi connectivity index (χ3n) is 2.36. The first-order valence-corrected chi connectivity index (χ1v) is 5.29. The molecule has 0 saturated heterocycles. The van der Waals surface area contributed by atoms with Crippen molar-refractivity contribution < 1.29 is 4.74 Å². The Bertz CT molecular complexity index is 175. The number of allylic oxidation sites excluding steroid dienone is 1. The minimum absolute atomic E-state index is 0.535. The smallest absolute Gasteiger partial charge is 0.141 e. The Kier molecular flexibility index (Phi) is 4.29. The first kappa shape index (κ1) is 10.6. The van der Waals surface area contributed by atoms with Gasteiger partial charge in [0.25, 0.3) is 0 Å². The lowest BCUT2D eigenvalue weighted by molar-refractivity contribution is 0.0486. The van der Waals surface area contributed by atoms with Gasteiger partial charge in [-0.05, 0) is 12.5 Å². The van der Waals surface area contributed by atoms with Crippen molar-refractivity contribution >= 4 is 0 Å². The van der Waals surface area contributed by atoms with Crippen LogP contribution in [0.15, 0.2) is 11.8 Å². The van der Waals surface area contributed by atoms with Crippen molar-refractivity contribution in [2.75, 3.05) is 19.8 Å². The Morgan fingerprint density at radius 1 is 1.54 bits per heavy atom. The van der Waals surface area contributed by atoms with Crippen molar-refractivity contribution in [2.45, 2.75) is 33.6 Å². The molecule has 0 unspecified atom stereocenters. The summed E-state index contributed by atoms with van der Waals surface area (Å²) in [6.07, 6.45) is 4.75. The van der Waals surface area contributed by atoms with Crippen molar-refractivity contribution in [3.05, 3.63) is 11.8 Å². The minimum Gasteiger partial charge on any atom is -0.482 e. The summed E-state index contributed by atoms with van der Waals surface area (Å²) in [5, 5.41) is 0. The van der Waals surface area contributed by atoms with E-state index in [1.54, 1.807) is 0 Å². The molecule has 0 aromatic rings. The van der Waals surface area contributed by atoms with E-state index in [0.29, 0.717) is 5.92 Å². The quantitative estimate of drug-likeness (QED) is 0.664. The Morgan fingerprint density at radius 3 is 2.77 bits per heavy atom. The van der Waals surface area contributed by atoms with Gasteiger partial charge in [0.1, 0.15) is 6.73 Å². The Hall–Kier alpha value is -0.500. The number of rotatable bonds is 4. The normalized spacial score (nSPS) is 18.6. The fourth-order valence-electron chi connectivity index (χ4n) is 1.44. The third kappa shape index (κ3) is 3.39. The number of hydrogen-bond acceptors (Lipinski definition) is 2. The molecule has 2 heteroatoms. The Labute approximate surface area is 81.6 Å². The van der Waals surface area contributed by atoms with Gasteiger partial charge < -0.3 is 4.74 Å². The van der Waals surface area contributed by atoms with Crippen LogP contribution in [0, 0.1) is 5.92 Å². The number of unbranched alkanes of at least 4 members (excludes halogenated alkanes) is 1. The highest BCUT2D eigenvalue weighted by Gasteiger charge is 2.13. The van der Waals surface area contributed by atoms with Crippen molar-refractivity contribution in [3.8, 4) is 0 Å². The topological polar surface area (TPSA) is 12.5 Å². The number of hydrogen-bond donors (Lipinski definition) is 0. The fraction of sp³-hybridized carbons (Fsp3) is 0.818. The standard InChI is InChI=1S/C11H21NO/c1-4-5-7-12-8-6-11(10(2)3)13-9-12/h6,10H,4-5,7-9H2,1-3H3. The molecule has 2 nitrogen and oxygen atoms in total. The Morgan fingerprint density at radius 2 is 2.31 bits per heavy atom. The molecule has 1 rings (SSSR count). The molecule has 1 aliphatic heterocycles. The van der Waals surface area contributed by atoms with E-state index in [2.05, 4.69) is 31.7 Å². The van der Waals surface area contributed by atoms with E-state index in [1.165, 1.54) is 19.4 Å². The predicted octanol–water partition coefficient (Wildman–Crippen LogP) is 2.62. The summed E-state index contributed by atoms with van der Waals surface area (Å²) in [6.45, 7) is 9.58. The number of nitrogens with zero attached hydrogens (tertiary/aromatic N) is 1. The van der Waals surface area contributed by atoms with Crippen LogP contribution in [-0.2, 0) is 4.74 Å². The van der Waals surface area contributed by atoms with E-state index in [9.17, 15) is 0 Å². The summed E-state index contributed by atoms with van der Waals surface area (Å²) >= 11 is 0. The van der Waals surface area contributed by atoms with Crippen LogP contribution in [0.2, 0.25) is 0 Å². The molecular formula is C11H21NO. The molecule has 0 spiro atoms. The highest BCUT2D eigenvalue weighted by Crippen LogP contribution is 2.15. The Balaban J connectivity index is 2.29. The van der Waals surface area contributed by atoms with Crippen molar-refractivity contribution in [1.29, 1.82) is 0 Å². The third-order valence-corrected chi connectivity index (χ3v) is 2.36. The molecule has 0 amide bonds. The van der Waals surface area contributed by atoms with Crippen LogP contribution in [0.1, 0.15) is 33.6 Å². The van der Waals surface area contributed by atoms with Crippen molar-refractivity contribution in [1.82, 2.24) is 4.90 Å². The average molecular weight is 183 g/mol. The molecule has 0 aliphatic carbocycles. The lowest BCUT2D eigenvalue weighted by atomic mass is 10.1. The molecular weight excluding hydrogens is 162 g/mol. The first-order chi connectivity index (χ1) is 6.24. The van der Waals surface area contributed by atoms with Gasteiger partial charge in [0, 0.05) is 19.0 Å². The minimum atomic E-state index is 0.535. The molecule has 76 valence electrons. The summed E-state index contributed by atoms with van der Waals surface area (Å²) in [6, 6.07) is 0. The molecule has 1 heterocycles. The molecule has 0 fully saturated rings. The molecule has 0 aromatic heterocycles. The second kappa shape index (κ2) is 5.28. The van der Waals surface area contributed by atoms with E-state index in [-0.39, 0.29) is 0 Å². The maximum absolute atomic E-state index is 5.64. The lowest BCUT2D eigenvalue weighted by Crippen LogP contribution is -2.32. The highest BCUT2D eigenvalue weighted by molar-refractivity contribution is 5.00. The monoisotopic (exact) mass is 183 g/mol. The fourth-order valence-corrected chi connectivity index (χ4v) is 1.44. The van der Waals surface area contributed by atoms with Gasteiger partial charge in [-0.1, -0.05) is 27.2 Å². The second-order valence-corrected chi connectivity index (χ2v) is 3.97. The van der Waals surface area contributed by atoms with Gasteiger partial charge in [0.2, 0.25) is 0 Å². The predicted molar refractivity (Wildman–Crippen MR) is 55.4 cm³/mol. The maximum atomic E-state index is 5.64. The van der Waals surface area contributed by atoms with Gasteiger partial charge in [-0.25, -0.2) is 0 Å². The van der Waals surface area contributed by atoms with Crippen LogP contribution in [-0.4, -0.2) is 24.7 Å². The largest absolute Gasteiger partial charge is 0.482 e. The van der Waals surface area contributed by atoms with Gasteiger partial charge >= 0.3 is 0 Å². The van der Waals surface area contributed by atoms with Gasteiger partial charge in [-0.3, -0.25) is 4.90 Å². The first-order valence-electron chi connectivity index (χ1n) is 5.29. The molecule has 0 N–H and O–H groups in total. The zero-order valence-electron chi connectivity index (χ0n) is 9.05. The SMILES string of the molecule is CCCCN1CC=C(C(C)C)OC1. The average Bonchev–Trinajstić information content (AvgIpc) is 2.15. The van der Waals surface area contributed by atoms with Gasteiger partial charge in [-0.15, -0.1) is 0 Å². The van der Waals surface area contributed by atoms with E-state index >= 15 is 0 Å². The molecule has 13 heavy (non-hydrogen) atoms. The molecule has 1 aliphatic rings. The van der Waals surface area contributed by atoms with Crippen LogP contribution >= 0.6 is 0 Å². The van der Waals surface area contributed by atoms with E-state index in [4.69, 9.17) is 4.74 Å². The van der Waals surface area contributed by atoms with Crippen LogP contribution < -0.4 is 0 Å². The zero-order chi connectivity index (χ0) is 9.68. The van der Waals surface area contributed by atoms with Crippen LogP contribution in [0.5, 0.6) is 0 Å². The summed E-state index contributed by atoms with van der Waals surface area (Å²) in [7, 11) is 0. The van der Waals surface area contributed by atoms with Gasteiger partial charge in [0.15, 0.2) is 0 Å². The summed E-state index contributed by atoms with van der Waals surface area (Å²) in [4.78, 5) is 2.34. The van der Waals surface area contributed by atoms with Crippen LogP contribution in [0.25, 0.3) is 0 Å². The molecule has 0 aromatic carbocycles. The zero-order valence-corrected chi connectivity index (χ0v) is 9.05. The maximum Gasteiger partial charge on any atom is 0.141 e. The van der Waals surface area contributed by atoms with Gasteiger partial charge in [0.05, 0.1) is 5.76 Å². The lowest BCUT2D eigenvalue weighted by Gasteiger charge is -2.28. The highest BCUT2D eigenvalue weighted by atomic mass is 16.5. The summed E-state index contributed by atoms with van der Waals surface area (Å²) in [5.41, 5.74) is 0. The summed E-state index contributed by atoms with van der Waals surface area (Å²) < 4.78 is 5.64. The van der Waals surface area contributed by atoms with Crippen molar-refractivity contribution in [3.63, 3.8) is 0 Å². The summed E-state index contributed by atoms with van der Waals surface area (Å²) in [5.74, 6) is 1.70. The second-order valence-electron chi connectivity index (χ2n) is 3.97. The molecule has 0 atom stereocenters. The number of ether oxygens (including phenoxy) is 1. The van der Waals surface area contributed by atoms with Crippen molar-refractivity contribution in [2.24, 2.45) is 5.92 Å². The van der Waals surface area contributed by atoms with Gasteiger partial charge in [-0.2, -0.15) is 0 Å².